The van der Waals surface area contributed by atoms with E-state index in [-0.39, 0.29) is 12.6 Å². The minimum atomic E-state index is 0.195. The largest absolute Gasteiger partial charge is 0.395 e. The second-order valence-electron chi connectivity index (χ2n) is 3.26. The zero-order valence-corrected chi connectivity index (χ0v) is 9.92. The maximum absolute atomic E-state index is 9.00. The van der Waals surface area contributed by atoms with Crippen molar-refractivity contribution in [2.75, 3.05) is 6.61 Å². The molecule has 1 aromatic rings. The normalized spacial score (nSPS) is 12.8. The molecule has 1 rings (SSSR count). The summed E-state index contributed by atoms with van der Waals surface area (Å²) in [5.74, 6) is 0. The monoisotopic (exact) mass is 257 g/mol. The van der Waals surface area contributed by atoms with Gasteiger partial charge in [-0.1, -0.05) is 41.1 Å². The van der Waals surface area contributed by atoms with Crippen LogP contribution in [0.2, 0.25) is 0 Å². The highest BCUT2D eigenvalue weighted by molar-refractivity contribution is 9.10. The van der Waals surface area contributed by atoms with Crippen molar-refractivity contribution in [3.8, 4) is 0 Å². The van der Waals surface area contributed by atoms with Gasteiger partial charge in [-0.15, -0.1) is 0 Å². The second kappa shape index (κ2) is 6.17. The average Bonchev–Trinajstić information content (AvgIpc) is 2.22. The molecule has 0 aliphatic rings. The van der Waals surface area contributed by atoms with Gasteiger partial charge in [0.1, 0.15) is 0 Å². The first kappa shape index (κ1) is 11.7. The molecule has 2 N–H and O–H groups in total. The topological polar surface area (TPSA) is 32.3 Å². The molecule has 0 spiro atoms. The molecule has 1 atom stereocenters. The molecule has 0 aliphatic heterocycles. The lowest BCUT2D eigenvalue weighted by Crippen LogP contribution is -2.31. The minimum Gasteiger partial charge on any atom is -0.395 e. The molecule has 0 aromatic heterocycles. The lowest BCUT2D eigenvalue weighted by Gasteiger charge is -2.14. The summed E-state index contributed by atoms with van der Waals surface area (Å²) in [6.07, 6.45) is 0.945. The summed E-state index contributed by atoms with van der Waals surface area (Å²) in [7, 11) is 0. The van der Waals surface area contributed by atoms with E-state index in [1.54, 1.807) is 0 Å². The van der Waals surface area contributed by atoms with E-state index in [2.05, 4.69) is 34.2 Å². The minimum absolute atomic E-state index is 0.195. The number of rotatable bonds is 5. The zero-order chi connectivity index (χ0) is 10.4. The van der Waals surface area contributed by atoms with Gasteiger partial charge in [0.05, 0.1) is 6.61 Å². The Balaban J connectivity index is 2.49. The van der Waals surface area contributed by atoms with Crippen LogP contribution in [0.4, 0.5) is 0 Å². The molecule has 0 heterocycles. The molecule has 0 saturated heterocycles. The van der Waals surface area contributed by atoms with Gasteiger partial charge in [-0.25, -0.2) is 0 Å². The summed E-state index contributed by atoms with van der Waals surface area (Å²) in [4.78, 5) is 0. The van der Waals surface area contributed by atoms with Gasteiger partial charge in [-0.2, -0.15) is 0 Å². The molecule has 1 unspecified atom stereocenters. The number of hydrogen-bond acceptors (Lipinski definition) is 2. The van der Waals surface area contributed by atoms with Crippen molar-refractivity contribution >= 4 is 15.9 Å². The number of aliphatic hydroxyl groups is 1. The predicted molar refractivity (Wildman–Crippen MR) is 62.1 cm³/mol. The third-order valence-corrected chi connectivity index (χ3v) is 3.03. The van der Waals surface area contributed by atoms with Gasteiger partial charge in [-0.3, -0.25) is 0 Å². The molecular weight excluding hydrogens is 242 g/mol. The molecule has 14 heavy (non-hydrogen) atoms. The van der Waals surface area contributed by atoms with E-state index < -0.39 is 0 Å². The maximum Gasteiger partial charge on any atom is 0.0584 e. The standard InChI is InChI=1S/C11H16BrNO/c1-2-10(8-14)13-7-9-5-3-4-6-11(9)12/h3-6,10,13-14H,2,7-8H2,1H3. The Labute approximate surface area is 93.5 Å². The number of nitrogens with one attached hydrogen (secondary N) is 1. The van der Waals surface area contributed by atoms with E-state index in [1.807, 2.05) is 18.2 Å². The fourth-order valence-corrected chi connectivity index (χ4v) is 1.66. The van der Waals surface area contributed by atoms with Crippen LogP contribution in [0, 0.1) is 0 Å². The summed E-state index contributed by atoms with van der Waals surface area (Å²) in [6, 6.07) is 8.30. The van der Waals surface area contributed by atoms with Gasteiger partial charge >= 0.3 is 0 Å². The van der Waals surface area contributed by atoms with E-state index in [1.165, 1.54) is 5.56 Å². The van der Waals surface area contributed by atoms with Gasteiger partial charge in [0, 0.05) is 17.1 Å². The highest BCUT2D eigenvalue weighted by Crippen LogP contribution is 2.15. The Morgan fingerprint density at radius 3 is 2.71 bits per heavy atom. The third-order valence-electron chi connectivity index (χ3n) is 2.25. The second-order valence-corrected chi connectivity index (χ2v) is 4.11. The van der Waals surface area contributed by atoms with Gasteiger partial charge in [-0.05, 0) is 18.1 Å². The Morgan fingerprint density at radius 2 is 2.14 bits per heavy atom. The summed E-state index contributed by atoms with van der Waals surface area (Å²) in [5.41, 5.74) is 1.22. The van der Waals surface area contributed by atoms with E-state index >= 15 is 0 Å². The molecule has 0 saturated carbocycles. The Kier molecular flexibility index (Phi) is 5.15. The molecule has 0 aliphatic carbocycles. The molecule has 78 valence electrons. The van der Waals surface area contributed by atoms with Crippen LogP contribution in [-0.4, -0.2) is 17.8 Å². The summed E-state index contributed by atoms with van der Waals surface area (Å²) in [6.45, 7) is 3.05. The number of hydrogen-bond donors (Lipinski definition) is 2. The first-order valence-electron chi connectivity index (χ1n) is 4.85. The third kappa shape index (κ3) is 3.40. The van der Waals surface area contributed by atoms with E-state index in [4.69, 9.17) is 5.11 Å². The van der Waals surface area contributed by atoms with Crippen molar-refractivity contribution in [3.63, 3.8) is 0 Å². The predicted octanol–water partition coefficient (Wildman–Crippen LogP) is 2.31. The lowest BCUT2D eigenvalue weighted by atomic mass is 10.2. The Hall–Kier alpha value is -0.380. The van der Waals surface area contributed by atoms with Crippen LogP contribution in [0.5, 0.6) is 0 Å². The molecule has 1 aromatic carbocycles. The molecule has 0 fully saturated rings. The van der Waals surface area contributed by atoms with E-state index in [9.17, 15) is 0 Å². The van der Waals surface area contributed by atoms with Crippen LogP contribution in [-0.2, 0) is 6.54 Å². The highest BCUT2D eigenvalue weighted by Gasteiger charge is 2.04. The first-order valence-corrected chi connectivity index (χ1v) is 5.64. The highest BCUT2D eigenvalue weighted by atomic mass is 79.9. The van der Waals surface area contributed by atoms with Crippen molar-refractivity contribution in [1.29, 1.82) is 0 Å². The fraction of sp³-hybridized carbons (Fsp3) is 0.455. The number of aliphatic hydroxyl groups excluding tert-OH is 1. The number of benzene rings is 1. The van der Waals surface area contributed by atoms with E-state index in [0.717, 1.165) is 17.4 Å². The summed E-state index contributed by atoms with van der Waals surface area (Å²) in [5, 5.41) is 12.3. The zero-order valence-electron chi connectivity index (χ0n) is 8.33. The molecule has 3 heteroatoms. The van der Waals surface area contributed by atoms with Crippen LogP contribution in [0.3, 0.4) is 0 Å². The SMILES string of the molecule is CCC(CO)NCc1ccccc1Br. The van der Waals surface area contributed by atoms with Crippen LogP contribution in [0.25, 0.3) is 0 Å². The average molecular weight is 258 g/mol. The van der Waals surface area contributed by atoms with Gasteiger partial charge in [0.2, 0.25) is 0 Å². The number of halogens is 1. The molecule has 0 bridgehead atoms. The quantitative estimate of drug-likeness (QED) is 0.849. The molecule has 0 radical (unpaired) electrons. The molecular formula is C11H16BrNO. The van der Waals surface area contributed by atoms with Crippen LogP contribution < -0.4 is 5.32 Å². The van der Waals surface area contributed by atoms with Gasteiger partial charge in [0.25, 0.3) is 0 Å². The maximum atomic E-state index is 9.00. The molecule has 0 amide bonds. The van der Waals surface area contributed by atoms with Crippen molar-refractivity contribution in [3.05, 3.63) is 34.3 Å². The van der Waals surface area contributed by atoms with Crippen LogP contribution in [0.1, 0.15) is 18.9 Å². The fourth-order valence-electron chi connectivity index (χ4n) is 1.23. The summed E-state index contributed by atoms with van der Waals surface area (Å²) >= 11 is 3.49. The molecule has 2 nitrogen and oxygen atoms in total. The first-order chi connectivity index (χ1) is 6.77. The van der Waals surface area contributed by atoms with Crippen LogP contribution in [0.15, 0.2) is 28.7 Å². The Bertz CT molecular complexity index is 274. The van der Waals surface area contributed by atoms with Crippen LogP contribution >= 0.6 is 15.9 Å². The Morgan fingerprint density at radius 1 is 1.43 bits per heavy atom. The van der Waals surface area contributed by atoms with Crippen molar-refractivity contribution in [2.45, 2.75) is 25.9 Å². The van der Waals surface area contributed by atoms with Crippen molar-refractivity contribution in [1.82, 2.24) is 5.32 Å². The van der Waals surface area contributed by atoms with Gasteiger partial charge in [0.15, 0.2) is 0 Å². The smallest absolute Gasteiger partial charge is 0.0584 e. The van der Waals surface area contributed by atoms with Gasteiger partial charge < -0.3 is 10.4 Å². The van der Waals surface area contributed by atoms with Crippen molar-refractivity contribution in [2.24, 2.45) is 0 Å². The lowest BCUT2D eigenvalue weighted by molar-refractivity contribution is 0.238. The summed E-state index contributed by atoms with van der Waals surface area (Å²) < 4.78 is 1.11. The van der Waals surface area contributed by atoms with Crippen molar-refractivity contribution < 1.29 is 5.11 Å². The van der Waals surface area contributed by atoms with E-state index in [0.29, 0.717) is 0 Å².